The van der Waals surface area contributed by atoms with Crippen molar-refractivity contribution in [3.63, 3.8) is 0 Å². The molecule has 0 aromatic carbocycles. The maximum atomic E-state index is 5.90. The highest BCUT2D eigenvalue weighted by atomic mass is 35.5. The smallest absolute Gasteiger partial charge is 0.132 e. The summed E-state index contributed by atoms with van der Waals surface area (Å²) in [4.78, 5) is 4.16. The number of hydrogen-bond acceptors (Lipinski definition) is 2. The number of halogens is 1. The lowest BCUT2D eigenvalue weighted by Gasteiger charge is -2.41. The van der Waals surface area contributed by atoms with Crippen LogP contribution in [0.4, 0.5) is 5.69 Å². The van der Waals surface area contributed by atoms with Gasteiger partial charge in [-0.1, -0.05) is 23.8 Å². The average molecular weight is 235 g/mol. The van der Waals surface area contributed by atoms with Gasteiger partial charge in [-0.15, -0.1) is 0 Å². The van der Waals surface area contributed by atoms with Crippen LogP contribution in [0.5, 0.6) is 0 Å². The third-order valence-electron chi connectivity index (χ3n) is 3.73. The van der Waals surface area contributed by atoms with Gasteiger partial charge in [-0.05, 0) is 37.3 Å². The average Bonchev–Trinajstić information content (AvgIpc) is 2.61. The molecule has 16 heavy (non-hydrogen) atoms. The first-order chi connectivity index (χ1) is 7.74. The molecule has 1 saturated carbocycles. The van der Waals surface area contributed by atoms with Crippen LogP contribution in [0.15, 0.2) is 24.4 Å². The van der Waals surface area contributed by atoms with Gasteiger partial charge >= 0.3 is 0 Å². The summed E-state index contributed by atoms with van der Waals surface area (Å²) in [6.07, 6.45) is 9.02. The normalized spacial score (nSPS) is 31.0. The maximum absolute atomic E-state index is 5.90. The minimum atomic E-state index is 0.589. The quantitative estimate of drug-likeness (QED) is 0.627. The van der Waals surface area contributed by atoms with Crippen molar-refractivity contribution in [1.29, 1.82) is 0 Å². The second-order valence-electron chi connectivity index (χ2n) is 4.82. The van der Waals surface area contributed by atoms with Crippen LogP contribution in [0.1, 0.15) is 18.4 Å². The Bertz CT molecular complexity index is 442. The third kappa shape index (κ3) is 1.61. The fourth-order valence-corrected chi connectivity index (χ4v) is 2.84. The first kappa shape index (κ1) is 10.2. The molecule has 0 saturated heterocycles. The molecule has 3 unspecified atom stereocenters. The Balaban J connectivity index is 1.70. The number of aryl methyl sites for hydroxylation is 1. The summed E-state index contributed by atoms with van der Waals surface area (Å²) in [5.74, 6) is 1.62. The van der Waals surface area contributed by atoms with Gasteiger partial charge in [0.1, 0.15) is 5.15 Å². The number of rotatable bonds is 2. The third-order valence-corrected chi connectivity index (χ3v) is 4.12. The van der Waals surface area contributed by atoms with Crippen LogP contribution in [-0.4, -0.2) is 11.0 Å². The van der Waals surface area contributed by atoms with E-state index >= 15 is 0 Å². The molecule has 0 radical (unpaired) electrons. The summed E-state index contributed by atoms with van der Waals surface area (Å²) >= 11 is 5.90. The first-order valence-corrected chi connectivity index (χ1v) is 6.17. The van der Waals surface area contributed by atoms with E-state index in [4.69, 9.17) is 11.6 Å². The van der Waals surface area contributed by atoms with Crippen LogP contribution < -0.4 is 5.32 Å². The van der Waals surface area contributed by atoms with Crippen LogP contribution >= 0.6 is 11.6 Å². The Labute approximate surface area is 101 Å². The highest BCUT2D eigenvalue weighted by Gasteiger charge is 2.40. The van der Waals surface area contributed by atoms with E-state index in [0.29, 0.717) is 11.2 Å². The highest BCUT2D eigenvalue weighted by molar-refractivity contribution is 6.30. The monoisotopic (exact) mass is 234 g/mol. The van der Waals surface area contributed by atoms with Crippen molar-refractivity contribution in [2.75, 3.05) is 5.32 Å². The Kier molecular flexibility index (Phi) is 2.40. The molecular weight excluding hydrogens is 220 g/mol. The van der Waals surface area contributed by atoms with E-state index in [1.54, 1.807) is 0 Å². The summed E-state index contributed by atoms with van der Waals surface area (Å²) in [5.41, 5.74) is 2.12. The molecule has 2 aliphatic rings. The molecule has 1 aromatic rings. The second kappa shape index (κ2) is 3.77. The molecule has 0 amide bonds. The van der Waals surface area contributed by atoms with Crippen LogP contribution in [0.25, 0.3) is 0 Å². The molecule has 84 valence electrons. The number of pyridine rings is 1. The van der Waals surface area contributed by atoms with Gasteiger partial charge in [-0.3, -0.25) is 0 Å². The number of aromatic nitrogens is 1. The second-order valence-corrected chi connectivity index (χ2v) is 5.18. The number of nitrogens with zero attached hydrogens (tertiary/aromatic N) is 1. The van der Waals surface area contributed by atoms with E-state index in [9.17, 15) is 0 Å². The first-order valence-electron chi connectivity index (χ1n) is 5.79. The molecule has 3 rings (SSSR count). The zero-order valence-corrected chi connectivity index (χ0v) is 10.0. The van der Waals surface area contributed by atoms with Crippen molar-refractivity contribution in [3.05, 3.63) is 35.1 Å². The van der Waals surface area contributed by atoms with Gasteiger partial charge in [0, 0.05) is 12.0 Å². The lowest BCUT2D eigenvalue weighted by atomic mass is 9.71. The van der Waals surface area contributed by atoms with E-state index in [0.717, 1.165) is 23.1 Å². The summed E-state index contributed by atoms with van der Waals surface area (Å²) in [6, 6.07) is 2.66. The van der Waals surface area contributed by atoms with Crippen molar-refractivity contribution in [1.82, 2.24) is 4.98 Å². The Morgan fingerprint density at radius 1 is 1.50 bits per heavy atom. The molecule has 0 spiro atoms. The van der Waals surface area contributed by atoms with E-state index in [1.165, 1.54) is 12.8 Å². The van der Waals surface area contributed by atoms with Gasteiger partial charge in [0.2, 0.25) is 0 Å². The number of fused-ring (bicyclic) bond motifs is 1. The fraction of sp³-hybridized carbons (Fsp3) is 0.462. The van der Waals surface area contributed by atoms with Crippen molar-refractivity contribution < 1.29 is 0 Å². The van der Waals surface area contributed by atoms with Crippen LogP contribution in [0.3, 0.4) is 0 Å². The summed E-state index contributed by atoms with van der Waals surface area (Å²) in [6.45, 7) is 1.99. The van der Waals surface area contributed by atoms with Gasteiger partial charge in [-0.25, -0.2) is 4.98 Å². The van der Waals surface area contributed by atoms with Gasteiger partial charge in [0.25, 0.3) is 0 Å². The highest BCUT2D eigenvalue weighted by Crippen LogP contribution is 2.44. The minimum Gasteiger partial charge on any atom is -0.380 e. The zero-order valence-electron chi connectivity index (χ0n) is 9.28. The molecule has 1 fully saturated rings. The molecule has 0 bridgehead atoms. The molecule has 1 aromatic heterocycles. The number of allylic oxidation sites excluding steroid dienone is 1. The molecule has 1 heterocycles. The lowest BCUT2D eigenvalue weighted by molar-refractivity contribution is 0.218. The van der Waals surface area contributed by atoms with E-state index in [2.05, 4.69) is 28.5 Å². The molecule has 2 nitrogen and oxygen atoms in total. The molecule has 3 atom stereocenters. The summed E-state index contributed by atoms with van der Waals surface area (Å²) in [7, 11) is 0. The SMILES string of the molecule is Cc1cc(NC2CC3CC=CC32)cnc1Cl. The lowest BCUT2D eigenvalue weighted by Crippen LogP contribution is -2.43. The van der Waals surface area contributed by atoms with Crippen LogP contribution in [0, 0.1) is 18.8 Å². The number of anilines is 1. The number of hydrogen-bond donors (Lipinski definition) is 1. The van der Waals surface area contributed by atoms with Crippen LogP contribution in [0.2, 0.25) is 5.15 Å². The summed E-state index contributed by atoms with van der Waals surface area (Å²) < 4.78 is 0. The molecule has 1 N–H and O–H groups in total. The molecular formula is C13H15ClN2. The van der Waals surface area contributed by atoms with E-state index < -0.39 is 0 Å². The standard InChI is InChI=1S/C13H15ClN2/c1-8-5-10(7-15-13(8)14)16-12-6-9-3-2-4-11(9)12/h2,4-5,7,9,11-12,16H,3,6H2,1H3. The number of nitrogens with one attached hydrogen (secondary N) is 1. The van der Waals surface area contributed by atoms with Gasteiger partial charge in [0.15, 0.2) is 0 Å². The topological polar surface area (TPSA) is 24.9 Å². The Morgan fingerprint density at radius 3 is 3.12 bits per heavy atom. The fourth-order valence-electron chi connectivity index (χ4n) is 2.73. The van der Waals surface area contributed by atoms with Crippen molar-refractivity contribution in [2.24, 2.45) is 11.8 Å². The predicted molar refractivity (Wildman–Crippen MR) is 66.7 cm³/mol. The predicted octanol–water partition coefficient (Wildman–Crippen LogP) is 3.42. The van der Waals surface area contributed by atoms with Crippen molar-refractivity contribution in [2.45, 2.75) is 25.8 Å². The molecule has 0 aliphatic heterocycles. The molecule has 2 aliphatic carbocycles. The zero-order chi connectivity index (χ0) is 11.1. The Hall–Kier alpha value is -1.02. The summed E-state index contributed by atoms with van der Waals surface area (Å²) in [5, 5.41) is 4.14. The van der Waals surface area contributed by atoms with Crippen molar-refractivity contribution in [3.8, 4) is 0 Å². The molecule has 3 heteroatoms. The van der Waals surface area contributed by atoms with Gasteiger partial charge in [0.05, 0.1) is 11.9 Å². The van der Waals surface area contributed by atoms with Crippen molar-refractivity contribution >= 4 is 17.3 Å². The van der Waals surface area contributed by atoms with Gasteiger partial charge in [-0.2, -0.15) is 0 Å². The largest absolute Gasteiger partial charge is 0.380 e. The minimum absolute atomic E-state index is 0.589. The van der Waals surface area contributed by atoms with E-state index in [-0.39, 0.29) is 0 Å². The maximum Gasteiger partial charge on any atom is 0.132 e. The Morgan fingerprint density at radius 2 is 2.38 bits per heavy atom. The van der Waals surface area contributed by atoms with Gasteiger partial charge < -0.3 is 5.32 Å². The van der Waals surface area contributed by atoms with Crippen LogP contribution in [-0.2, 0) is 0 Å². The van der Waals surface area contributed by atoms with E-state index in [1.807, 2.05) is 13.1 Å².